The largest absolute Gasteiger partial charge is 0.390 e. The summed E-state index contributed by atoms with van der Waals surface area (Å²) in [7, 11) is 1.94. The zero-order chi connectivity index (χ0) is 14.0. The molecule has 0 aromatic heterocycles. The summed E-state index contributed by atoms with van der Waals surface area (Å²) in [6.07, 6.45) is 1.58. The molecular formula is C15H23ClN2O. The van der Waals surface area contributed by atoms with Crippen LogP contribution in [0.4, 0.5) is 5.69 Å². The fourth-order valence-electron chi connectivity index (χ4n) is 2.44. The highest BCUT2D eigenvalue weighted by Gasteiger charge is 2.28. The summed E-state index contributed by atoms with van der Waals surface area (Å²) >= 11 is 6.40. The summed E-state index contributed by atoms with van der Waals surface area (Å²) in [5, 5.41) is 14.0. The maximum absolute atomic E-state index is 9.99. The monoisotopic (exact) mass is 282 g/mol. The molecule has 1 atom stereocenters. The molecule has 1 heterocycles. The van der Waals surface area contributed by atoms with Gasteiger partial charge in [-0.3, -0.25) is 0 Å². The van der Waals surface area contributed by atoms with Gasteiger partial charge in [-0.1, -0.05) is 17.7 Å². The molecule has 1 aliphatic rings. The van der Waals surface area contributed by atoms with Crippen LogP contribution in [-0.2, 0) is 0 Å². The standard InChI is InChI=1S/C15H23ClN2O/c1-11(17-3)12-4-5-14(13(16)10-12)18-8-6-15(2,19)7-9-18/h4-5,10-11,17,19H,6-9H2,1-3H3. The summed E-state index contributed by atoms with van der Waals surface area (Å²) in [6, 6.07) is 6.54. The Morgan fingerprint density at radius 3 is 2.53 bits per heavy atom. The normalized spacial score (nSPS) is 20.4. The van der Waals surface area contributed by atoms with Gasteiger partial charge in [-0.25, -0.2) is 0 Å². The van der Waals surface area contributed by atoms with Crippen LogP contribution in [0.1, 0.15) is 38.3 Å². The van der Waals surface area contributed by atoms with E-state index in [1.165, 1.54) is 5.56 Å². The minimum absolute atomic E-state index is 0.300. The zero-order valence-electron chi connectivity index (χ0n) is 11.9. The Balaban J connectivity index is 2.14. The van der Waals surface area contributed by atoms with Crippen molar-refractivity contribution in [2.45, 2.75) is 38.3 Å². The number of rotatable bonds is 3. The Hall–Kier alpha value is -0.770. The highest BCUT2D eigenvalue weighted by atomic mass is 35.5. The van der Waals surface area contributed by atoms with Crippen molar-refractivity contribution in [3.8, 4) is 0 Å². The molecule has 1 unspecified atom stereocenters. The lowest BCUT2D eigenvalue weighted by atomic mass is 9.93. The van der Waals surface area contributed by atoms with E-state index < -0.39 is 5.60 Å². The fourth-order valence-corrected chi connectivity index (χ4v) is 2.75. The van der Waals surface area contributed by atoms with E-state index in [0.717, 1.165) is 36.6 Å². The Kier molecular flexibility index (Phi) is 4.39. The van der Waals surface area contributed by atoms with Gasteiger partial charge in [0, 0.05) is 19.1 Å². The van der Waals surface area contributed by atoms with Crippen molar-refractivity contribution in [3.63, 3.8) is 0 Å². The number of nitrogens with one attached hydrogen (secondary N) is 1. The third kappa shape index (κ3) is 3.41. The lowest BCUT2D eigenvalue weighted by molar-refractivity contribution is 0.0351. The molecule has 0 saturated carbocycles. The van der Waals surface area contributed by atoms with E-state index in [1.54, 1.807) is 0 Å². The molecule has 0 amide bonds. The van der Waals surface area contributed by atoms with Crippen molar-refractivity contribution >= 4 is 17.3 Å². The van der Waals surface area contributed by atoms with E-state index in [0.29, 0.717) is 6.04 Å². The van der Waals surface area contributed by atoms with Gasteiger partial charge in [-0.2, -0.15) is 0 Å². The van der Waals surface area contributed by atoms with Crippen LogP contribution in [0.2, 0.25) is 5.02 Å². The molecule has 0 bridgehead atoms. The molecule has 1 aromatic rings. The minimum Gasteiger partial charge on any atom is -0.390 e. The van der Waals surface area contributed by atoms with Crippen molar-refractivity contribution in [1.29, 1.82) is 0 Å². The van der Waals surface area contributed by atoms with E-state index in [1.807, 2.05) is 20.0 Å². The molecule has 0 spiro atoms. The lowest BCUT2D eigenvalue weighted by Crippen LogP contribution is -2.42. The van der Waals surface area contributed by atoms with Crippen LogP contribution in [0, 0.1) is 0 Å². The van der Waals surface area contributed by atoms with Crippen LogP contribution in [0.15, 0.2) is 18.2 Å². The maximum atomic E-state index is 9.99. The van der Waals surface area contributed by atoms with Crippen LogP contribution in [0.25, 0.3) is 0 Å². The van der Waals surface area contributed by atoms with Gasteiger partial charge >= 0.3 is 0 Å². The number of anilines is 1. The van der Waals surface area contributed by atoms with Crippen molar-refractivity contribution in [1.82, 2.24) is 5.32 Å². The summed E-state index contributed by atoms with van der Waals surface area (Å²) in [5.74, 6) is 0. The molecule has 1 aromatic carbocycles. The molecule has 1 saturated heterocycles. The van der Waals surface area contributed by atoms with E-state index in [-0.39, 0.29) is 0 Å². The van der Waals surface area contributed by atoms with Gasteiger partial charge in [0.25, 0.3) is 0 Å². The molecule has 3 nitrogen and oxygen atoms in total. The summed E-state index contributed by atoms with van der Waals surface area (Å²) in [4.78, 5) is 2.26. The molecule has 1 aliphatic heterocycles. The number of piperidine rings is 1. The third-order valence-corrected chi connectivity index (χ3v) is 4.39. The molecule has 19 heavy (non-hydrogen) atoms. The predicted molar refractivity (Wildman–Crippen MR) is 81.0 cm³/mol. The van der Waals surface area contributed by atoms with Crippen molar-refractivity contribution in [2.75, 3.05) is 25.0 Å². The minimum atomic E-state index is -0.524. The van der Waals surface area contributed by atoms with Crippen LogP contribution in [0.3, 0.4) is 0 Å². The van der Waals surface area contributed by atoms with E-state index in [4.69, 9.17) is 11.6 Å². The van der Waals surface area contributed by atoms with Crippen LogP contribution in [-0.4, -0.2) is 30.8 Å². The third-order valence-electron chi connectivity index (χ3n) is 4.09. The van der Waals surface area contributed by atoms with Crippen LogP contribution >= 0.6 is 11.6 Å². The maximum Gasteiger partial charge on any atom is 0.0653 e. The topological polar surface area (TPSA) is 35.5 Å². The second kappa shape index (κ2) is 5.70. The zero-order valence-corrected chi connectivity index (χ0v) is 12.7. The number of halogens is 1. The molecule has 2 rings (SSSR count). The number of hydrogen-bond acceptors (Lipinski definition) is 3. The predicted octanol–water partition coefficient (Wildman–Crippen LogP) is 2.97. The first-order valence-corrected chi connectivity index (χ1v) is 7.25. The highest BCUT2D eigenvalue weighted by molar-refractivity contribution is 6.33. The Morgan fingerprint density at radius 1 is 1.37 bits per heavy atom. The lowest BCUT2D eigenvalue weighted by Gasteiger charge is -2.37. The number of hydrogen-bond donors (Lipinski definition) is 2. The second-order valence-corrected chi connectivity index (χ2v) is 6.11. The first-order valence-electron chi connectivity index (χ1n) is 6.87. The Morgan fingerprint density at radius 2 is 2.00 bits per heavy atom. The van der Waals surface area contributed by atoms with Gasteiger partial charge in [0.1, 0.15) is 0 Å². The second-order valence-electron chi connectivity index (χ2n) is 5.71. The van der Waals surface area contributed by atoms with Crippen molar-refractivity contribution in [3.05, 3.63) is 28.8 Å². The first-order chi connectivity index (χ1) is 8.93. The quantitative estimate of drug-likeness (QED) is 0.895. The van der Waals surface area contributed by atoms with Gasteiger partial charge in [-0.05, 0) is 51.4 Å². The molecule has 0 aliphatic carbocycles. The van der Waals surface area contributed by atoms with Crippen LogP contribution in [0.5, 0.6) is 0 Å². The SMILES string of the molecule is CNC(C)c1ccc(N2CCC(C)(O)CC2)c(Cl)c1. The number of nitrogens with zero attached hydrogens (tertiary/aromatic N) is 1. The van der Waals surface area contributed by atoms with Gasteiger partial charge in [0.2, 0.25) is 0 Å². The van der Waals surface area contributed by atoms with Crippen molar-refractivity contribution in [2.24, 2.45) is 0 Å². The van der Waals surface area contributed by atoms with Gasteiger partial charge in [-0.15, -0.1) is 0 Å². The number of benzene rings is 1. The average molecular weight is 283 g/mol. The molecule has 4 heteroatoms. The smallest absolute Gasteiger partial charge is 0.0653 e. The number of aliphatic hydroxyl groups is 1. The summed E-state index contributed by atoms with van der Waals surface area (Å²) in [5.41, 5.74) is 1.74. The fraction of sp³-hybridized carbons (Fsp3) is 0.600. The van der Waals surface area contributed by atoms with Gasteiger partial charge in [0.15, 0.2) is 0 Å². The van der Waals surface area contributed by atoms with Gasteiger partial charge in [0.05, 0.1) is 16.3 Å². The highest BCUT2D eigenvalue weighted by Crippen LogP contribution is 2.32. The van der Waals surface area contributed by atoms with Crippen molar-refractivity contribution < 1.29 is 5.11 Å². The molecule has 106 valence electrons. The van der Waals surface area contributed by atoms with E-state index in [9.17, 15) is 5.11 Å². The van der Waals surface area contributed by atoms with E-state index >= 15 is 0 Å². The molecule has 1 fully saturated rings. The summed E-state index contributed by atoms with van der Waals surface area (Å²) in [6.45, 7) is 5.73. The molecule has 0 radical (unpaired) electrons. The Bertz CT molecular complexity index is 438. The van der Waals surface area contributed by atoms with E-state index in [2.05, 4.69) is 29.3 Å². The molecular weight excluding hydrogens is 260 g/mol. The summed E-state index contributed by atoms with van der Waals surface area (Å²) < 4.78 is 0. The average Bonchev–Trinajstić information content (AvgIpc) is 2.38. The molecule has 2 N–H and O–H groups in total. The van der Waals surface area contributed by atoms with Crippen LogP contribution < -0.4 is 10.2 Å². The van der Waals surface area contributed by atoms with Gasteiger partial charge < -0.3 is 15.3 Å². The first kappa shape index (κ1) is 14.6. The Labute approximate surface area is 120 Å².